The summed E-state index contributed by atoms with van der Waals surface area (Å²) in [6.07, 6.45) is 5.23. The molecule has 0 aliphatic heterocycles. The number of anilines is 2. The number of likely N-dealkylation sites (N-methyl/N-ethyl adjacent to an activating group) is 1. The van der Waals surface area contributed by atoms with Gasteiger partial charge in [-0.25, -0.2) is 4.98 Å². The van der Waals surface area contributed by atoms with Gasteiger partial charge in [0.05, 0.1) is 0 Å². The van der Waals surface area contributed by atoms with Crippen molar-refractivity contribution in [3.8, 4) is 0 Å². The van der Waals surface area contributed by atoms with E-state index < -0.39 is 0 Å². The minimum atomic E-state index is 0.557. The average molecular weight is 349 g/mol. The molecule has 2 N–H and O–H groups in total. The highest BCUT2D eigenvalue weighted by atomic mass is 15.3. The van der Waals surface area contributed by atoms with Gasteiger partial charge in [-0.05, 0) is 30.2 Å². The predicted molar refractivity (Wildman–Crippen MR) is 106 cm³/mol. The van der Waals surface area contributed by atoms with Crippen molar-refractivity contribution >= 4 is 30.6 Å². The molecule has 0 fully saturated rings. The molecule has 3 rings (SSSR count). The highest BCUT2D eigenvalue weighted by Crippen LogP contribution is 2.15. The Hall–Kier alpha value is -2.61. The van der Waals surface area contributed by atoms with Gasteiger partial charge in [-0.2, -0.15) is 9.61 Å². The van der Waals surface area contributed by atoms with Crippen LogP contribution in [0.3, 0.4) is 0 Å². The molecule has 0 unspecified atom stereocenters. The van der Waals surface area contributed by atoms with Crippen molar-refractivity contribution in [3.05, 3.63) is 42.4 Å². The lowest BCUT2D eigenvalue weighted by molar-refractivity contribution is 0.316. The Bertz CT molecular complexity index is 830. The van der Waals surface area contributed by atoms with Gasteiger partial charge in [-0.1, -0.05) is 19.9 Å². The zero-order valence-corrected chi connectivity index (χ0v) is 15.3. The van der Waals surface area contributed by atoms with Crippen LogP contribution in [0.4, 0.5) is 11.6 Å². The second-order valence-corrected chi connectivity index (χ2v) is 6.03. The van der Waals surface area contributed by atoms with Crippen LogP contribution in [0.1, 0.15) is 19.4 Å². The van der Waals surface area contributed by atoms with Gasteiger partial charge in [0.2, 0.25) is 0 Å². The van der Waals surface area contributed by atoms with Gasteiger partial charge < -0.3 is 15.5 Å². The van der Waals surface area contributed by atoms with Crippen LogP contribution in [0.5, 0.6) is 0 Å². The number of fused-ring (bicyclic) bond motifs is 1. The molecule has 3 aromatic rings. The lowest BCUT2D eigenvalue weighted by Gasteiger charge is -2.18. The van der Waals surface area contributed by atoms with Crippen molar-refractivity contribution in [1.29, 1.82) is 0 Å². The summed E-state index contributed by atoms with van der Waals surface area (Å²) in [5.74, 6) is 1.62. The molecule has 0 aliphatic carbocycles. The van der Waals surface area contributed by atoms with Crippen LogP contribution < -0.4 is 16.1 Å². The number of pyridine rings is 1. The summed E-state index contributed by atoms with van der Waals surface area (Å²) >= 11 is 0. The highest BCUT2D eigenvalue weighted by molar-refractivity contribution is 6.36. The van der Waals surface area contributed by atoms with Crippen LogP contribution in [0.25, 0.3) is 5.65 Å². The normalized spacial score (nSPS) is 11.2. The minimum Gasteiger partial charge on any atom is -0.369 e. The van der Waals surface area contributed by atoms with Crippen molar-refractivity contribution in [2.75, 3.05) is 36.8 Å². The molecule has 134 valence electrons. The standard InChI is InChI=1S/C18H24BN7/c1-3-25(4-2)9-8-21-16-10-17(22-12-14-6-5-7-20-11-14)26-18(24-16)15(19)13-23-26/h5-7,10-11,13,22H,3-4,8-9,12H2,1-2H3,(H,21,24). The summed E-state index contributed by atoms with van der Waals surface area (Å²) in [7, 11) is 6.02. The number of hydrogen-bond acceptors (Lipinski definition) is 6. The molecule has 8 heteroatoms. The van der Waals surface area contributed by atoms with E-state index in [0.717, 1.165) is 43.4 Å². The number of hydrogen-bond donors (Lipinski definition) is 2. The fourth-order valence-electron chi connectivity index (χ4n) is 2.77. The quantitative estimate of drug-likeness (QED) is 0.567. The molecule has 0 aliphatic rings. The number of rotatable bonds is 9. The van der Waals surface area contributed by atoms with E-state index >= 15 is 0 Å². The summed E-state index contributed by atoms with van der Waals surface area (Å²) < 4.78 is 1.72. The highest BCUT2D eigenvalue weighted by Gasteiger charge is 2.09. The van der Waals surface area contributed by atoms with E-state index in [0.29, 0.717) is 17.7 Å². The summed E-state index contributed by atoms with van der Waals surface area (Å²) in [5, 5.41) is 11.1. The van der Waals surface area contributed by atoms with E-state index in [-0.39, 0.29) is 0 Å². The van der Waals surface area contributed by atoms with Crippen molar-refractivity contribution in [2.45, 2.75) is 20.4 Å². The summed E-state index contributed by atoms with van der Waals surface area (Å²) in [6.45, 7) is 8.85. The third kappa shape index (κ3) is 4.32. The number of nitrogens with zero attached hydrogens (tertiary/aromatic N) is 5. The summed E-state index contributed by atoms with van der Waals surface area (Å²) in [4.78, 5) is 11.1. The zero-order valence-electron chi connectivity index (χ0n) is 15.3. The topological polar surface area (TPSA) is 70.4 Å². The first-order valence-corrected chi connectivity index (χ1v) is 8.94. The Morgan fingerprint density at radius 3 is 2.77 bits per heavy atom. The molecule has 0 amide bonds. The molecule has 0 saturated heterocycles. The van der Waals surface area contributed by atoms with Gasteiger partial charge in [-0.15, -0.1) is 0 Å². The molecular weight excluding hydrogens is 325 g/mol. The first-order valence-electron chi connectivity index (χ1n) is 8.94. The van der Waals surface area contributed by atoms with Crippen LogP contribution in [0.2, 0.25) is 0 Å². The van der Waals surface area contributed by atoms with Gasteiger partial charge in [0, 0.05) is 44.3 Å². The molecule has 0 aromatic carbocycles. The molecule has 0 bridgehead atoms. The first-order chi connectivity index (χ1) is 12.7. The van der Waals surface area contributed by atoms with E-state index in [1.165, 1.54) is 0 Å². The van der Waals surface area contributed by atoms with Gasteiger partial charge in [0.1, 0.15) is 19.5 Å². The lowest BCUT2D eigenvalue weighted by atomic mass is 10.0. The largest absolute Gasteiger partial charge is 0.369 e. The van der Waals surface area contributed by atoms with Crippen LogP contribution in [-0.2, 0) is 6.54 Å². The van der Waals surface area contributed by atoms with E-state index in [1.807, 2.05) is 24.4 Å². The zero-order chi connectivity index (χ0) is 18.4. The second kappa shape index (κ2) is 8.67. The lowest BCUT2D eigenvalue weighted by Crippen LogP contribution is -2.28. The molecule has 0 spiro atoms. The van der Waals surface area contributed by atoms with Crippen LogP contribution >= 0.6 is 0 Å². The van der Waals surface area contributed by atoms with Gasteiger partial charge in [0.15, 0.2) is 5.65 Å². The Labute approximate surface area is 155 Å². The van der Waals surface area contributed by atoms with Crippen molar-refractivity contribution in [1.82, 2.24) is 24.5 Å². The predicted octanol–water partition coefficient (Wildman–Crippen LogP) is 1.28. The summed E-state index contributed by atoms with van der Waals surface area (Å²) in [5.41, 5.74) is 2.29. The molecular formula is C18H24BN7. The molecule has 0 saturated carbocycles. The molecule has 3 heterocycles. The first kappa shape index (κ1) is 18.2. The molecule has 0 atom stereocenters. The Morgan fingerprint density at radius 1 is 1.19 bits per heavy atom. The van der Waals surface area contributed by atoms with Crippen molar-refractivity contribution in [2.24, 2.45) is 0 Å². The maximum Gasteiger partial charge on any atom is 0.152 e. The molecule has 2 radical (unpaired) electrons. The molecule has 7 nitrogen and oxygen atoms in total. The Balaban J connectivity index is 1.76. The van der Waals surface area contributed by atoms with Crippen molar-refractivity contribution < 1.29 is 0 Å². The van der Waals surface area contributed by atoms with E-state index in [4.69, 9.17) is 7.85 Å². The second-order valence-electron chi connectivity index (χ2n) is 6.03. The monoisotopic (exact) mass is 349 g/mol. The van der Waals surface area contributed by atoms with E-state index in [9.17, 15) is 0 Å². The molecule has 3 aromatic heterocycles. The van der Waals surface area contributed by atoms with E-state index in [2.05, 4.69) is 44.4 Å². The van der Waals surface area contributed by atoms with Gasteiger partial charge in [0.25, 0.3) is 0 Å². The van der Waals surface area contributed by atoms with E-state index in [1.54, 1.807) is 16.9 Å². The summed E-state index contributed by atoms with van der Waals surface area (Å²) in [6, 6.07) is 5.91. The maximum atomic E-state index is 6.02. The number of aromatic nitrogens is 4. The van der Waals surface area contributed by atoms with Crippen LogP contribution in [-0.4, -0.2) is 58.5 Å². The average Bonchev–Trinajstić information content (AvgIpc) is 3.05. The Morgan fingerprint density at radius 2 is 2.04 bits per heavy atom. The van der Waals surface area contributed by atoms with Gasteiger partial charge in [-0.3, -0.25) is 4.98 Å². The third-order valence-electron chi connectivity index (χ3n) is 4.32. The fraction of sp³-hybridized carbons (Fsp3) is 0.389. The number of nitrogens with one attached hydrogen (secondary N) is 2. The van der Waals surface area contributed by atoms with Crippen LogP contribution in [0.15, 0.2) is 36.8 Å². The third-order valence-corrected chi connectivity index (χ3v) is 4.32. The fourth-order valence-corrected chi connectivity index (χ4v) is 2.77. The Kier molecular flexibility index (Phi) is 6.06. The molecule has 26 heavy (non-hydrogen) atoms. The van der Waals surface area contributed by atoms with Crippen molar-refractivity contribution in [3.63, 3.8) is 0 Å². The van der Waals surface area contributed by atoms with Crippen LogP contribution in [0, 0.1) is 0 Å². The minimum absolute atomic E-state index is 0.557. The maximum absolute atomic E-state index is 6.02. The smallest absolute Gasteiger partial charge is 0.152 e. The SMILES string of the molecule is [B]c1cnn2c(NCc3cccnc3)cc(NCCN(CC)CC)nc12. The van der Waals surface area contributed by atoms with Gasteiger partial charge >= 0.3 is 0 Å².